The van der Waals surface area contributed by atoms with Crippen LogP contribution in [0, 0.1) is 20.8 Å². The second-order valence-electron chi connectivity index (χ2n) is 8.04. The minimum Gasteiger partial charge on any atom is -0.484 e. The minimum absolute atomic E-state index is 0.132. The van der Waals surface area contributed by atoms with Crippen LogP contribution >= 0.6 is 11.6 Å². The lowest BCUT2D eigenvalue weighted by molar-refractivity contribution is -0.123. The van der Waals surface area contributed by atoms with E-state index >= 15 is 0 Å². The summed E-state index contributed by atoms with van der Waals surface area (Å²) in [6.07, 6.45) is 1.70. The molecule has 168 valence electrons. The fourth-order valence-corrected chi connectivity index (χ4v) is 4.04. The maximum Gasteiger partial charge on any atom is 0.277 e. The van der Waals surface area contributed by atoms with Crippen LogP contribution < -0.4 is 10.2 Å². The molecule has 0 radical (unpaired) electrons. The van der Waals surface area contributed by atoms with Gasteiger partial charge in [-0.2, -0.15) is 5.10 Å². The van der Waals surface area contributed by atoms with Gasteiger partial charge in [-0.3, -0.25) is 4.79 Å². The zero-order valence-electron chi connectivity index (χ0n) is 18.9. The number of rotatable bonds is 7. The van der Waals surface area contributed by atoms with E-state index in [0.29, 0.717) is 10.8 Å². The molecule has 0 saturated heterocycles. The lowest BCUT2D eigenvalue weighted by atomic mass is 10.1. The lowest BCUT2D eigenvalue weighted by Gasteiger charge is -2.09. The third kappa shape index (κ3) is 5.10. The van der Waals surface area contributed by atoms with Gasteiger partial charge >= 0.3 is 0 Å². The average molecular weight is 460 g/mol. The van der Waals surface area contributed by atoms with Gasteiger partial charge in [-0.15, -0.1) is 0 Å². The van der Waals surface area contributed by atoms with E-state index in [2.05, 4.69) is 46.3 Å². The van der Waals surface area contributed by atoms with Gasteiger partial charge in [0.05, 0.1) is 6.21 Å². The number of para-hydroxylation sites is 1. The molecule has 0 aliphatic carbocycles. The number of benzene rings is 3. The van der Waals surface area contributed by atoms with Crippen molar-refractivity contribution < 1.29 is 9.53 Å². The highest BCUT2D eigenvalue weighted by atomic mass is 35.5. The van der Waals surface area contributed by atoms with Gasteiger partial charge in [0.1, 0.15) is 5.75 Å². The Bertz CT molecular complexity index is 1300. The van der Waals surface area contributed by atoms with E-state index in [1.807, 2.05) is 56.3 Å². The molecule has 0 spiro atoms. The number of nitrogens with zero attached hydrogens (tertiary/aromatic N) is 2. The number of hydrogen-bond donors (Lipinski definition) is 1. The van der Waals surface area contributed by atoms with Gasteiger partial charge in [0.2, 0.25) is 0 Å². The number of hydrazone groups is 1. The molecular formula is C27H26ClN3O2. The molecule has 0 bridgehead atoms. The third-order valence-corrected chi connectivity index (χ3v) is 6.22. The standard InChI is InChI=1S/C27H26ClN3O2/c1-18-13-22(14-19(2)27(18)28)33-17-26(32)30-29-15-24-20(3)31(16-21-9-5-4-6-10-21)25-12-8-7-11-23(24)25/h4-15H,16-17H2,1-3H3,(H,30,32)/b29-15+. The van der Waals surface area contributed by atoms with Gasteiger partial charge in [0, 0.05) is 33.7 Å². The molecule has 0 atom stereocenters. The number of aryl methyl sites for hydroxylation is 2. The largest absolute Gasteiger partial charge is 0.484 e. The van der Waals surface area contributed by atoms with E-state index in [4.69, 9.17) is 16.3 Å². The van der Waals surface area contributed by atoms with Crippen molar-refractivity contribution in [3.05, 3.63) is 99.7 Å². The van der Waals surface area contributed by atoms with Crippen LogP contribution in [0.1, 0.15) is 27.9 Å². The number of ether oxygens (including phenoxy) is 1. The van der Waals surface area contributed by atoms with Crippen LogP contribution in [0.5, 0.6) is 5.75 Å². The first-order valence-corrected chi connectivity index (χ1v) is 11.1. The van der Waals surface area contributed by atoms with Crippen molar-refractivity contribution in [2.75, 3.05) is 6.61 Å². The number of carbonyl (C=O) groups excluding carboxylic acids is 1. The van der Waals surface area contributed by atoms with Gasteiger partial charge in [-0.05, 0) is 55.7 Å². The Labute approximate surface area is 198 Å². The van der Waals surface area contributed by atoms with E-state index in [1.165, 1.54) is 5.56 Å². The van der Waals surface area contributed by atoms with Crippen molar-refractivity contribution in [2.24, 2.45) is 5.10 Å². The Morgan fingerprint density at radius 1 is 1.03 bits per heavy atom. The minimum atomic E-state index is -0.331. The van der Waals surface area contributed by atoms with Crippen molar-refractivity contribution in [1.29, 1.82) is 0 Å². The first kappa shape index (κ1) is 22.6. The second-order valence-corrected chi connectivity index (χ2v) is 8.42. The van der Waals surface area contributed by atoms with Gasteiger partial charge < -0.3 is 9.30 Å². The zero-order chi connectivity index (χ0) is 23.4. The van der Waals surface area contributed by atoms with Gasteiger partial charge in [0.15, 0.2) is 6.61 Å². The Morgan fingerprint density at radius 3 is 2.42 bits per heavy atom. The molecule has 0 saturated carbocycles. The monoisotopic (exact) mass is 459 g/mol. The van der Waals surface area contributed by atoms with E-state index in [-0.39, 0.29) is 12.5 Å². The lowest BCUT2D eigenvalue weighted by Crippen LogP contribution is -2.24. The van der Waals surface area contributed by atoms with Crippen molar-refractivity contribution in [3.63, 3.8) is 0 Å². The van der Waals surface area contributed by atoms with Crippen molar-refractivity contribution in [3.8, 4) is 5.75 Å². The number of aromatic nitrogens is 1. The first-order chi connectivity index (χ1) is 15.9. The van der Waals surface area contributed by atoms with Crippen LogP contribution in [0.25, 0.3) is 10.9 Å². The molecule has 4 aromatic rings. The summed E-state index contributed by atoms with van der Waals surface area (Å²) in [5, 5.41) is 5.99. The molecule has 0 aliphatic rings. The predicted molar refractivity (Wildman–Crippen MR) is 134 cm³/mol. The second kappa shape index (κ2) is 9.92. The molecule has 0 unspecified atom stereocenters. The fraction of sp³-hybridized carbons (Fsp3) is 0.185. The van der Waals surface area contributed by atoms with Crippen molar-refractivity contribution >= 4 is 34.6 Å². The van der Waals surface area contributed by atoms with Crippen LogP contribution in [-0.4, -0.2) is 23.3 Å². The van der Waals surface area contributed by atoms with Crippen molar-refractivity contribution in [1.82, 2.24) is 9.99 Å². The summed E-state index contributed by atoms with van der Waals surface area (Å²) in [4.78, 5) is 12.3. The van der Waals surface area contributed by atoms with Crippen LogP contribution in [0.15, 0.2) is 71.8 Å². The molecule has 1 N–H and O–H groups in total. The fourth-order valence-electron chi connectivity index (χ4n) is 3.93. The van der Waals surface area contributed by atoms with Gasteiger partial charge in [0.25, 0.3) is 5.91 Å². The predicted octanol–water partition coefficient (Wildman–Crippen LogP) is 5.80. The van der Waals surface area contributed by atoms with E-state index in [1.54, 1.807) is 6.21 Å². The third-order valence-electron chi connectivity index (χ3n) is 5.63. The Kier molecular flexibility index (Phi) is 6.80. The topological polar surface area (TPSA) is 55.6 Å². The normalized spacial score (nSPS) is 11.3. The van der Waals surface area contributed by atoms with Gasteiger partial charge in [-0.1, -0.05) is 60.1 Å². The molecule has 5 nitrogen and oxygen atoms in total. The SMILES string of the molecule is Cc1cc(OCC(=O)N/N=C/c2c(C)n(Cc3ccccc3)c3ccccc23)cc(C)c1Cl. The van der Waals surface area contributed by atoms with E-state index in [0.717, 1.165) is 39.8 Å². The summed E-state index contributed by atoms with van der Waals surface area (Å²) >= 11 is 6.18. The first-order valence-electron chi connectivity index (χ1n) is 10.8. The Hall–Kier alpha value is -3.57. The summed E-state index contributed by atoms with van der Waals surface area (Å²) in [6.45, 7) is 6.51. The molecule has 1 aromatic heterocycles. The number of halogens is 1. The number of nitrogens with one attached hydrogen (secondary N) is 1. The number of fused-ring (bicyclic) bond motifs is 1. The molecule has 0 fully saturated rings. The van der Waals surface area contributed by atoms with Crippen LogP contribution in [-0.2, 0) is 11.3 Å². The molecule has 0 aliphatic heterocycles. The highest BCUT2D eigenvalue weighted by molar-refractivity contribution is 6.32. The van der Waals surface area contributed by atoms with E-state index < -0.39 is 0 Å². The highest BCUT2D eigenvalue weighted by Crippen LogP contribution is 2.26. The maximum absolute atomic E-state index is 12.3. The Morgan fingerprint density at radius 2 is 1.70 bits per heavy atom. The smallest absolute Gasteiger partial charge is 0.277 e. The molecule has 1 heterocycles. The summed E-state index contributed by atoms with van der Waals surface area (Å²) < 4.78 is 7.87. The average Bonchev–Trinajstić information content (AvgIpc) is 3.08. The Balaban J connectivity index is 1.47. The van der Waals surface area contributed by atoms with Crippen molar-refractivity contribution in [2.45, 2.75) is 27.3 Å². The molecule has 33 heavy (non-hydrogen) atoms. The summed E-state index contributed by atoms with van der Waals surface area (Å²) in [6, 6.07) is 22.2. The molecule has 4 rings (SSSR count). The van der Waals surface area contributed by atoms with Crippen LogP contribution in [0.4, 0.5) is 0 Å². The zero-order valence-corrected chi connectivity index (χ0v) is 19.7. The molecular weight excluding hydrogens is 434 g/mol. The molecule has 6 heteroatoms. The van der Waals surface area contributed by atoms with E-state index in [9.17, 15) is 4.79 Å². The summed E-state index contributed by atoms with van der Waals surface area (Å²) in [5.74, 6) is 0.274. The quantitative estimate of drug-likeness (QED) is 0.280. The number of amides is 1. The highest BCUT2D eigenvalue weighted by Gasteiger charge is 2.13. The summed E-state index contributed by atoms with van der Waals surface area (Å²) in [5.41, 5.74) is 8.80. The number of hydrogen-bond acceptors (Lipinski definition) is 3. The summed E-state index contributed by atoms with van der Waals surface area (Å²) in [7, 11) is 0. The molecule has 1 amide bonds. The number of carbonyl (C=O) groups is 1. The van der Waals surface area contributed by atoms with Gasteiger partial charge in [-0.25, -0.2) is 5.43 Å². The van der Waals surface area contributed by atoms with Crippen LogP contribution in [0.3, 0.4) is 0 Å². The van der Waals surface area contributed by atoms with Crippen LogP contribution in [0.2, 0.25) is 5.02 Å². The molecule has 3 aromatic carbocycles. The maximum atomic E-state index is 12.3.